The average molecular weight is 211 g/mol. The lowest BCUT2D eigenvalue weighted by atomic mass is 10.2. The molecule has 1 aliphatic heterocycles. The number of hydrogen-bond acceptors (Lipinski definition) is 3. The summed E-state index contributed by atoms with van der Waals surface area (Å²) in [6, 6.07) is 0. The van der Waals surface area contributed by atoms with Crippen molar-refractivity contribution in [1.82, 2.24) is 4.90 Å². The third-order valence-electron chi connectivity index (χ3n) is 2.78. The van der Waals surface area contributed by atoms with E-state index in [1.807, 2.05) is 6.08 Å². The van der Waals surface area contributed by atoms with Crippen LogP contribution >= 0.6 is 11.8 Å². The van der Waals surface area contributed by atoms with E-state index in [-0.39, 0.29) is 0 Å². The van der Waals surface area contributed by atoms with Crippen LogP contribution in [0.4, 0.5) is 0 Å². The molecule has 1 heterocycles. The second-order valence-electron chi connectivity index (χ2n) is 4.26. The Morgan fingerprint density at radius 2 is 1.93 bits per heavy atom. The van der Waals surface area contributed by atoms with Gasteiger partial charge in [-0.15, -0.1) is 0 Å². The van der Waals surface area contributed by atoms with Crippen molar-refractivity contribution >= 4 is 17.5 Å². The Bertz CT molecular complexity index is 264. The van der Waals surface area contributed by atoms with Gasteiger partial charge in [-0.05, 0) is 6.42 Å². The molecular formula is C11H17NOS. The molecule has 1 saturated heterocycles. The van der Waals surface area contributed by atoms with Gasteiger partial charge in [0.1, 0.15) is 0 Å². The lowest BCUT2D eigenvalue weighted by Crippen LogP contribution is -2.39. The van der Waals surface area contributed by atoms with Crippen molar-refractivity contribution in [2.75, 3.05) is 13.1 Å². The topological polar surface area (TPSA) is 20.3 Å². The Labute approximate surface area is 89.7 Å². The highest BCUT2D eigenvalue weighted by molar-refractivity contribution is 8.00. The molecule has 0 bridgehead atoms. The zero-order valence-corrected chi connectivity index (χ0v) is 9.64. The molecule has 0 spiro atoms. The second kappa shape index (κ2) is 3.97. The van der Waals surface area contributed by atoms with E-state index >= 15 is 0 Å². The predicted octanol–water partition coefficient (Wildman–Crippen LogP) is 2.06. The summed E-state index contributed by atoms with van der Waals surface area (Å²) in [6.07, 6.45) is 3.53. The number of carbonyl (C=O) groups excluding carboxylic acids is 1. The number of ketones is 1. The Kier molecular flexibility index (Phi) is 2.86. The van der Waals surface area contributed by atoms with Gasteiger partial charge < -0.3 is 4.90 Å². The minimum Gasteiger partial charge on any atom is -0.373 e. The SMILES string of the molecule is CC1CN(C2=CC(=O)CC2)CC(C)S1. The lowest BCUT2D eigenvalue weighted by molar-refractivity contribution is -0.114. The summed E-state index contributed by atoms with van der Waals surface area (Å²) in [4.78, 5) is 13.6. The summed E-state index contributed by atoms with van der Waals surface area (Å²) < 4.78 is 0. The maximum absolute atomic E-state index is 11.2. The maximum atomic E-state index is 11.2. The second-order valence-corrected chi connectivity index (χ2v) is 6.15. The molecule has 1 aliphatic carbocycles. The molecule has 0 aromatic heterocycles. The van der Waals surface area contributed by atoms with E-state index in [1.165, 1.54) is 5.70 Å². The zero-order chi connectivity index (χ0) is 10.1. The first kappa shape index (κ1) is 10.1. The van der Waals surface area contributed by atoms with Crippen molar-refractivity contribution in [2.45, 2.75) is 37.2 Å². The first-order valence-corrected chi connectivity index (χ1v) is 6.23. The summed E-state index contributed by atoms with van der Waals surface area (Å²) in [6.45, 7) is 6.75. The predicted molar refractivity (Wildman–Crippen MR) is 60.4 cm³/mol. The molecule has 14 heavy (non-hydrogen) atoms. The molecule has 1 fully saturated rings. The van der Waals surface area contributed by atoms with E-state index in [2.05, 4.69) is 30.5 Å². The molecule has 0 amide bonds. The van der Waals surface area contributed by atoms with E-state index < -0.39 is 0 Å². The van der Waals surface area contributed by atoms with Crippen molar-refractivity contribution < 1.29 is 4.79 Å². The van der Waals surface area contributed by atoms with Crippen molar-refractivity contribution in [3.63, 3.8) is 0 Å². The average Bonchev–Trinajstić information content (AvgIpc) is 2.50. The van der Waals surface area contributed by atoms with Crippen LogP contribution in [0, 0.1) is 0 Å². The number of rotatable bonds is 1. The monoisotopic (exact) mass is 211 g/mol. The molecular weight excluding hydrogens is 194 g/mol. The Morgan fingerprint density at radius 1 is 1.29 bits per heavy atom. The van der Waals surface area contributed by atoms with Crippen molar-refractivity contribution in [3.05, 3.63) is 11.8 Å². The van der Waals surface area contributed by atoms with E-state index in [0.717, 1.165) is 25.9 Å². The van der Waals surface area contributed by atoms with Gasteiger partial charge in [0, 0.05) is 41.8 Å². The molecule has 2 nitrogen and oxygen atoms in total. The Morgan fingerprint density at radius 3 is 2.43 bits per heavy atom. The van der Waals surface area contributed by atoms with Crippen molar-refractivity contribution in [2.24, 2.45) is 0 Å². The fourth-order valence-corrected chi connectivity index (χ4v) is 3.57. The van der Waals surface area contributed by atoms with Crippen LogP contribution in [-0.4, -0.2) is 34.3 Å². The lowest BCUT2D eigenvalue weighted by Gasteiger charge is -2.36. The third-order valence-corrected chi connectivity index (χ3v) is 4.01. The van der Waals surface area contributed by atoms with Crippen LogP contribution in [0.1, 0.15) is 26.7 Å². The summed E-state index contributed by atoms with van der Waals surface area (Å²) in [5.41, 5.74) is 1.27. The third kappa shape index (κ3) is 2.14. The van der Waals surface area contributed by atoms with Crippen LogP contribution in [0.5, 0.6) is 0 Å². The van der Waals surface area contributed by atoms with Gasteiger partial charge in [0.15, 0.2) is 5.78 Å². The normalized spacial score (nSPS) is 33.4. The number of thioether (sulfide) groups is 1. The molecule has 2 atom stereocenters. The molecule has 2 unspecified atom stereocenters. The van der Waals surface area contributed by atoms with Crippen LogP contribution in [0.3, 0.4) is 0 Å². The van der Waals surface area contributed by atoms with Crippen LogP contribution in [0.2, 0.25) is 0 Å². The number of allylic oxidation sites excluding steroid dienone is 2. The van der Waals surface area contributed by atoms with Crippen LogP contribution in [-0.2, 0) is 4.79 Å². The van der Waals surface area contributed by atoms with Crippen molar-refractivity contribution in [1.29, 1.82) is 0 Å². The van der Waals surface area contributed by atoms with E-state index in [1.54, 1.807) is 0 Å². The standard InChI is InChI=1S/C11H17NOS/c1-8-6-12(7-9(2)14-8)10-3-4-11(13)5-10/h5,8-9H,3-4,6-7H2,1-2H3. The van der Waals surface area contributed by atoms with Gasteiger partial charge in [0.2, 0.25) is 0 Å². The molecule has 0 radical (unpaired) electrons. The quantitative estimate of drug-likeness (QED) is 0.662. The Balaban J connectivity index is 2.03. The smallest absolute Gasteiger partial charge is 0.157 e. The summed E-state index contributed by atoms with van der Waals surface area (Å²) in [5.74, 6) is 0.304. The highest BCUT2D eigenvalue weighted by Crippen LogP contribution is 2.29. The molecule has 2 rings (SSSR count). The molecule has 2 aliphatic rings. The zero-order valence-electron chi connectivity index (χ0n) is 8.82. The number of carbonyl (C=O) groups is 1. The fraction of sp³-hybridized carbons (Fsp3) is 0.727. The summed E-state index contributed by atoms with van der Waals surface area (Å²) in [7, 11) is 0. The Hall–Kier alpha value is -0.440. The van der Waals surface area contributed by atoms with Gasteiger partial charge in [0.05, 0.1) is 0 Å². The van der Waals surface area contributed by atoms with E-state index in [4.69, 9.17) is 0 Å². The van der Waals surface area contributed by atoms with Gasteiger partial charge in [-0.25, -0.2) is 0 Å². The molecule has 0 aromatic carbocycles. The van der Waals surface area contributed by atoms with Crippen LogP contribution in [0.25, 0.3) is 0 Å². The van der Waals surface area contributed by atoms with E-state index in [9.17, 15) is 4.79 Å². The molecule has 0 aromatic rings. The first-order valence-electron chi connectivity index (χ1n) is 5.29. The number of nitrogens with zero attached hydrogens (tertiary/aromatic N) is 1. The first-order chi connectivity index (χ1) is 6.65. The summed E-state index contributed by atoms with van der Waals surface area (Å²) >= 11 is 2.05. The summed E-state index contributed by atoms with van der Waals surface area (Å²) in [5, 5.41) is 1.38. The molecule has 0 saturated carbocycles. The highest BCUT2D eigenvalue weighted by Gasteiger charge is 2.26. The number of hydrogen-bond donors (Lipinski definition) is 0. The van der Waals surface area contributed by atoms with Gasteiger partial charge in [0.25, 0.3) is 0 Å². The van der Waals surface area contributed by atoms with Gasteiger partial charge in [-0.2, -0.15) is 11.8 Å². The molecule has 0 N–H and O–H groups in total. The van der Waals surface area contributed by atoms with Gasteiger partial charge in [-0.1, -0.05) is 13.8 Å². The van der Waals surface area contributed by atoms with Crippen LogP contribution < -0.4 is 0 Å². The molecule has 78 valence electrons. The minimum atomic E-state index is 0.304. The van der Waals surface area contributed by atoms with Gasteiger partial charge >= 0.3 is 0 Å². The van der Waals surface area contributed by atoms with Gasteiger partial charge in [-0.3, -0.25) is 4.79 Å². The van der Waals surface area contributed by atoms with E-state index in [0.29, 0.717) is 16.3 Å². The highest BCUT2D eigenvalue weighted by atomic mass is 32.2. The fourth-order valence-electron chi connectivity index (χ4n) is 2.24. The minimum absolute atomic E-state index is 0.304. The van der Waals surface area contributed by atoms with Crippen molar-refractivity contribution in [3.8, 4) is 0 Å². The molecule has 3 heteroatoms. The largest absolute Gasteiger partial charge is 0.373 e. The van der Waals surface area contributed by atoms with Crippen LogP contribution in [0.15, 0.2) is 11.8 Å². The maximum Gasteiger partial charge on any atom is 0.157 e.